The highest BCUT2D eigenvalue weighted by Crippen LogP contribution is 2.23. The molecule has 1 aromatic rings. The molecule has 2 amide bonds. The van der Waals surface area contributed by atoms with Crippen molar-refractivity contribution >= 4 is 17.5 Å². The normalized spacial score (nSPS) is 13.8. The van der Waals surface area contributed by atoms with Gasteiger partial charge in [0.15, 0.2) is 0 Å². The van der Waals surface area contributed by atoms with Crippen molar-refractivity contribution in [3.63, 3.8) is 0 Å². The van der Waals surface area contributed by atoms with Crippen molar-refractivity contribution in [2.24, 2.45) is 0 Å². The number of amides is 2. The van der Waals surface area contributed by atoms with Gasteiger partial charge in [0.05, 0.1) is 12.3 Å². The van der Waals surface area contributed by atoms with Gasteiger partial charge in [-0.2, -0.15) is 0 Å². The summed E-state index contributed by atoms with van der Waals surface area (Å²) in [5.41, 5.74) is 2.00. The molecule has 0 aromatic heterocycles. The predicted molar refractivity (Wildman–Crippen MR) is 95.0 cm³/mol. The molecule has 0 unspecified atom stereocenters. The zero-order valence-electron chi connectivity index (χ0n) is 14.3. The number of nitrogens with one attached hydrogen (secondary N) is 2. The summed E-state index contributed by atoms with van der Waals surface area (Å²) in [6.45, 7) is 2.99. The highest BCUT2D eigenvalue weighted by atomic mass is 16.5. The van der Waals surface area contributed by atoms with Crippen LogP contribution >= 0.6 is 0 Å². The van der Waals surface area contributed by atoms with Crippen molar-refractivity contribution < 1.29 is 14.3 Å². The summed E-state index contributed by atoms with van der Waals surface area (Å²) >= 11 is 0. The lowest BCUT2D eigenvalue weighted by Crippen LogP contribution is -2.29. The van der Waals surface area contributed by atoms with Crippen LogP contribution in [0.2, 0.25) is 0 Å². The molecule has 130 valence electrons. The Morgan fingerprint density at radius 2 is 2.00 bits per heavy atom. The van der Waals surface area contributed by atoms with E-state index in [4.69, 9.17) is 4.74 Å². The quantitative estimate of drug-likeness (QED) is 0.567. The maximum atomic E-state index is 12.0. The molecule has 2 N–H and O–H groups in total. The molecule has 2 rings (SSSR count). The Balaban J connectivity index is 1.73. The van der Waals surface area contributed by atoms with Gasteiger partial charge in [0, 0.05) is 6.54 Å². The monoisotopic (exact) mass is 330 g/mol. The second-order valence-corrected chi connectivity index (χ2v) is 5.86. The largest absolute Gasteiger partial charge is 0.492 e. The Kier molecular flexibility index (Phi) is 7.33. The van der Waals surface area contributed by atoms with Gasteiger partial charge in [-0.3, -0.25) is 9.59 Å². The molecular formula is C19H26N2O3. The number of ether oxygens (including phenoxy) is 1. The minimum Gasteiger partial charge on any atom is -0.492 e. The molecule has 24 heavy (non-hydrogen) atoms. The number of para-hydroxylation sites is 2. The lowest BCUT2D eigenvalue weighted by molar-refractivity contribution is -0.126. The second-order valence-electron chi connectivity index (χ2n) is 5.86. The van der Waals surface area contributed by atoms with Crippen LogP contribution in [0, 0.1) is 0 Å². The summed E-state index contributed by atoms with van der Waals surface area (Å²) in [6, 6.07) is 7.21. The fourth-order valence-electron chi connectivity index (χ4n) is 2.75. The molecule has 5 heteroatoms. The lowest BCUT2D eigenvalue weighted by atomic mass is 9.97. The van der Waals surface area contributed by atoms with Crippen molar-refractivity contribution in [1.29, 1.82) is 0 Å². The number of carbonyl (C=O) groups excluding carboxylic acids is 2. The number of hydrogen-bond acceptors (Lipinski definition) is 3. The average molecular weight is 330 g/mol. The maximum absolute atomic E-state index is 12.0. The fourth-order valence-corrected chi connectivity index (χ4v) is 2.75. The van der Waals surface area contributed by atoms with E-state index in [2.05, 4.69) is 16.7 Å². The third-order valence-corrected chi connectivity index (χ3v) is 3.94. The summed E-state index contributed by atoms with van der Waals surface area (Å²) in [7, 11) is 0. The van der Waals surface area contributed by atoms with Crippen LogP contribution in [0.15, 0.2) is 35.9 Å². The highest BCUT2D eigenvalue weighted by molar-refractivity contribution is 6.04. The van der Waals surface area contributed by atoms with Crippen LogP contribution in [-0.2, 0) is 9.59 Å². The zero-order valence-corrected chi connectivity index (χ0v) is 14.3. The molecule has 0 atom stereocenters. The first-order valence-electron chi connectivity index (χ1n) is 8.65. The maximum Gasteiger partial charge on any atom is 0.233 e. The third kappa shape index (κ3) is 6.07. The number of carbonyl (C=O) groups is 2. The molecule has 0 fully saturated rings. The summed E-state index contributed by atoms with van der Waals surface area (Å²) < 4.78 is 5.45. The van der Waals surface area contributed by atoms with Crippen LogP contribution in [0.3, 0.4) is 0 Å². The summed E-state index contributed by atoms with van der Waals surface area (Å²) in [6.07, 6.45) is 7.74. The van der Waals surface area contributed by atoms with E-state index in [0.29, 0.717) is 24.6 Å². The topological polar surface area (TPSA) is 67.4 Å². The van der Waals surface area contributed by atoms with Crippen LogP contribution in [0.4, 0.5) is 5.69 Å². The van der Waals surface area contributed by atoms with Crippen LogP contribution in [-0.4, -0.2) is 25.0 Å². The van der Waals surface area contributed by atoms with E-state index in [1.165, 1.54) is 18.4 Å². The lowest BCUT2D eigenvalue weighted by Gasteiger charge is -2.13. The van der Waals surface area contributed by atoms with Gasteiger partial charge in [-0.25, -0.2) is 0 Å². The van der Waals surface area contributed by atoms with Gasteiger partial charge < -0.3 is 15.4 Å². The Morgan fingerprint density at radius 1 is 1.17 bits per heavy atom. The van der Waals surface area contributed by atoms with Gasteiger partial charge in [0.2, 0.25) is 11.8 Å². The minimum atomic E-state index is -0.337. The molecule has 1 aromatic carbocycles. The molecule has 0 radical (unpaired) electrons. The highest BCUT2D eigenvalue weighted by Gasteiger charge is 2.12. The smallest absolute Gasteiger partial charge is 0.233 e. The first kappa shape index (κ1) is 18.0. The summed E-state index contributed by atoms with van der Waals surface area (Å²) in [5, 5.41) is 5.54. The van der Waals surface area contributed by atoms with Gasteiger partial charge in [-0.05, 0) is 51.2 Å². The van der Waals surface area contributed by atoms with E-state index < -0.39 is 0 Å². The van der Waals surface area contributed by atoms with E-state index in [9.17, 15) is 9.59 Å². The molecule has 5 nitrogen and oxygen atoms in total. The molecule has 0 saturated heterocycles. The first-order valence-corrected chi connectivity index (χ1v) is 8.65. The number of allylic oxidation sites excluding steroid dienone is 1. The molecule has 1 aliphatic rings. The van der Waals surface area contributed by atoms with E-state index in [1.807, 2.05) is 19.1 Å². The number of anilines is 1. The molecular weight excluding hydrogens is 304 g/mol. The zero-order chi connectivity index (χ0) is 17.2. The van der Waals surface area contributed by atoms with Crippen LogP contribution < -0.4 is 15.4 Å². The fraction of sp³-hybridized carbons (Fsp3) is 0.474. The standard InChI is InChI=1S/C19H26N2O3/c1-2-24-17-11-7-6-10-16(17)21-19(23)14-18(22)20-13-12-15-8-4-3-5-9-15/h6-8,10-11H,2-5,9,12-14H2,1H3,(H,20,22)(H,21,23). The van der Waals surface area contributed by atoms with Crippen molar-refractivity contribution in [1.82, 2.24) is 5.32 Å². The van der Waals surface area contributed by atoms with E-state index >= 15 is 0 Å². The minimum absolute atomic E-state index is 0.181. The third-order valence-electron chi connectivity index (χ3n) is 3.94. The average Bonchev–Trinajstić information content (AvgIpc) is 2.58. The Bertz CT molecular complexity index is 596. The van der Waals surface area contributed by atoms with Crippen molar-refractivity contribution in [2.45, 2.75) is 45.4 Å². The van der Waals surface area contributed by atoms with E-state index in [0.717, 1.165) is 19.3 Å². The van der Waals surface area contributed by atoms with Gasteiger partial charge in [0.1, 0.15) is 12.2 Å². The predicted octanol–water partition coefficient (Wildman–Crippen LogP) is 3.42. The van der Waals surface area contributed by atoms with Gasteiger partial charge in [-0.1, -0.05) is 23.8 Å². The molecule has 0 aliphatic heterocycles. The SMILES string of the molecule is CCOc1ccccc1NC(=O)CC(=O)NCCC1=CCCCC1. The molecule has 1 aliphatic carbocycles. The number of rotatable bonds is 8. The van der Waals surface area contributed by atoms with Crippen molar-refractivity contribution in [3.05, 3.63) is 35.9 Å². The molecule has 0 bridgehead atoms. The Labute approximate surface area is 143 Å². The molecule has 0 saturated carbocycles. The van der Waals surface area contributed by atoms with Gasteiger partial charge in [-0.15, -0.1) is 0 Å². The second kappa shape index (κ2) is 9.75. The van der Waals surface area contributed by atoms with E-state index in [-0.39, 0.29) is 18.2 Å². The van der Waals surface area contributed by atoms with Crippen LogP contribution in [0.25, 0.3) is 0 Å². The summed E-state index contributed by atoms with van der Waals surface area (Å²) in [5.74, 6) is 0.0207. The molecule has 0 spiro atoms. The van der Waals surface area contributed by atoms with Gasteiger partial charge in [0.25, 0.3) is 0 Å². The Morgan fingerprint density at radius 3 is 2.75 bits per heavy atom. The first-order chi connectivity index (χ1) is 11.7. The van der Waals surface area contributed by atoms with Crippen LogP contribution in [0.5, 0.6) is 5.75 Å². The Hall–Kier alpha value is -2.30. The van der Waals surface area contributed by atoms with Crippen molar-refractivity contribution in [2.75, 3.05) is 18.5 Å². The van der Waals surface area contributed by atoms with Crippen molar-refractivity contribution in [3.8, 4) is 5.75 Å². The van der Waals surface area contributed by atoms with E-state index in [1.54, 1.807) is 12.1 Å². The number of hydrogen-bond donors (Lipinski definition) is 2. The number of benzene rings is 1. The van der Waals surface area contributed by atoms with Crippen LogP contribution in [0.1, 0.15) is 45.4 Å². The summed E-state index contributed by atoms with van der Waals surface area (Å²) in [4.78, 5) is 23.9. The molecule has 0 heterocycles. The van der Waals surface area contributed by atoms with Gasteiger partial charge >= 0.3 is 0 Å².